The van der Waals surface area contributed by atoms with E-state index in [1.165, 1.54) is 12.8 Å². The summed E-state index contributed by atoms with van der Waals surface area (Å²) in [6, 6.07) is 0. The second-order valence-corrected chi connectivity index (χ2v) is 4.89. The fourth-order valence-electron chi connectivity index (χ4n) is 2.35. The Kier molecular flexibility index (Phi) is 5.20. The van der Waals surface area contributed by atoms with Gasteiger partial charge >= 0.3 is 0 Å². The van der Waals surface area contributed by atoms with Crippen molar-refractivity contribution in [2.24, 2.45) is 5.92 Å². The van der Waals surface area contributed by atoms with E-state index in [2.05, 4.69) is 20.6 Å². The molecule has 1 fully saturated rings. The fourth-order valence-corrected chi connectivity index (χ4v) is 2.35. The summed E-state index contributed by atoms with van der Waals surface area (Å²) in [5.74, 6) is 1.76. The first-order valence-corrected chi connectivity index (χ1v) is 6.80. The number of amides is 1. The van der Waals surface area contributed by atoms with Crippen LogP contribution in [0.3, 0.4) is 0 Å². The Morgan fingerprint density at radius 3 is 3.22 bits per heavy atom. The summed E-state index contributed by atoms with van der Waals surface area (Å²) in [7, 11) is 0. The topological polar surface area (TPSA) is 69.8 Å². The highest BCUT2D eigenvalue weighted by Crippen LogP contribution is 2.15. The van der Waals surface area contributed by atoms with E-state index >= 15 is 0 Å². The molecule has 5 nitrogen and oxygen atoms in total. The summed E-state index contributed by atoms with van der Waals surface area (Å²) in [6.45, 7) is 2.86. The van der Waals surface area contributed by atoms with Crippen molar-refractivity contribution < 1.29 is 4.79 Å². The number of imidazole rings is 1. The summed E-state index contributed by atoms with van der Waals surface area (Å²) in [4.78, 5) is 18.8. The van der Waals surface area contributed by atoms with Gasteiger partial charge in [-0.3, -0.25) is 4.79 Å². The largest absolute Gasteiger partial charge is 0.356 e. The number of piperidine rings is 1. The van der Waals surface area contributed by atoms with E-state index in [0.29, 0.717) is 18.9 Å². The minimum absolute atomic E-state index is 0.159. The van der Waals surface area contributed by atoms with E-state index in [9.17, 15) is 4.79 Å². The third kappa shape index (κ3) is 4.49. The molecule has 3 N–H and O–H groups in total. The van der Waals surface area contributed by atoms with Crippen molar-refractivity contribution in [2.75, 3.05) is 19.6 Å². The Balaban J connectivity index is 1.54. The molecule has 1 aromatic heterocycles. The number of rotatable bonds is 6. The quantitative estimate of drug-likeness (QED) is 0.701. The number of carbonyl (C=O) groups is 1. The lowest BCUT2D eigenvalue weighted by Gasteiger charge is -2.22. The van der Waals surface area contributed by atoms with Gasteiger partial charge in [0.15, 0.2) is 0 Å². The maximum absolute atomic E-state index is 11.7. The number of nitrogens with one attached hydrogen (secondary N) is 3. The Morgan fingerprint density at radius 1 is 1.56 bits per heavy atom. The summed E-state index contributed by atoms with van der Waals surface area (Å²) >= 11 is 0. The highest BCUT2D eigenvalue weighted by molar-refractivity contribution is 5.75. The Morgan fingerprint density at radius 2 is 2.50 bits per heavy atom. The third-order valence-electron chi connectivity index (χ3n) is 3.42. The number of carbonyl (C=O) groups excluding carboxylic acids is 1. The van der Waals surface area contributed by atoms with E-state index in [4.69, 9.17) is 0 Å². The molecule has 1 unspecified atom stereocenters. The van der Waals surface area contributed by atoms with Crippen molar-refractivity contribution in [3.05, 3.63) is 18.2 Å². The van der Waals surface area contributed by atoms with E-state index in [-0.39, 0.29) is 5.91 Å². The molecule has 0 radical (unpaired) electrons. The molecule has 100 valence electrons. The third-order valence-corrected chi connectivity index (χ3v) is 3.42. The summed E-state index contributed by atoms with van der Waals surface area (Å²) < 4.78 is 0. The lowest BCUT2D eigenvalue weighted by Crippen LogP contribution is -2.31. The number of aromatic amines is 1. The van der Waals surface area contributed by atoms with Gasteiger partial charge in [-0.05, 0) is 38.3 Å². The van der Waals surface area contributed by atoms with Crippen molar-refractivity contribution in [1.29, 1.82) is 0 Å². The second kappa shape index (κ2) is 7.16. The van der Waals surface area contributed by atoms with Gasteiger partial charge < -0.3 is 15.6 Å². The SMILES string of the molecule is O=C(CCC1CCCNC1)NCCc1ncc[nH]1. The molecule has 0 bridgehead atoms. The fraction of sp³-hybridized carbons (Fsp3) is 0.692. The zero-order valence-electron chi connectivity index (χ0n) is 10.7. The van der Waals surface area contributed by atoms with Crippen LogP contribution in [-0.4, -0.2) is 35.5 Å². The monoisotopic (exact) mass is 250 g/mol. The average Bonchev–Trinajstić information content (AvgIpc) is 2.91. The van der Waals surface area contributed by atoms with Crippen LogP contribution >= 0.6 is 0 Å². The predicted octanol–water partition coefficient (Wildman–Crippen LogP) is 0.848. The van der Waals surface area contributed by atoms with Crippen molar-refractivity contribution >= 4 is 5.91 Å². The van der Waals surface area contributed by atoms with Crippen LogP contribution in [0.5, 0.6) is 0 Å². The molecular weight excluding hydrogens is 228 g/mol. The van der Waals surface area contributed by atoms with Gasteiger partial charge in [-0.1, -0.05) is 0 Å². The molecule has 18 heavy (non-hydrogen) atoms. The van der Waals surface area contributed by atoms with E-state index in [1.807, 2.05) is 0 Å². The number of H-pyrrole nitrogens is 1. The summed E-state index contributed by atoms with van der Waals surface area (Å²) in [6.07, 6.45) is 8.44. The van der Waals surface area contributed by atoms with Gasteiger partial charge in [0.2, 0.25) is 5.91 Å². The molecule has 1 aromatic rings. The average molecular weight is 250 g/mol. The van der Waals surface area contributed by atoms with Gasteiger partial charge in [0.25, 0.3) is 0 Å². The van der Waals surface area contributed by atoms with Crippen LogP contribution in [0.4, 0.5) is 0 Å². The van der Waals surface area contributed by atoms with Gasteiger partial charge in [0, 0.05) is 31.8 Å². The zero-order chi connectivity index (χ0) is 12.6. The van der Waals surface area contributed by atoms with Crippen molar-refractivity contribution in [3.63, 3.8) is 0 Å². The first-order valence-electron chi connectivity index (χ1n) is 6.80. The molecule has 1 saturated heterocycles. The minimum Gasteiger partial charge on any atom is -0.356 e. The molecule has 0 aromatic carbocycles. The number of hydrogen-bond acceptors (Lipinski definition) is 3. The molecule has 2 heterocycles. The number of hydrogen-bond donors (Lipinski definition) is 3. The van der Waals surface area contributed by atoms with Crippen LogP contribution in [0.1, 0.15) is 31.5 Å². The van der Waals surface area contributed by atoms with Gasteiger partial charge in [-0.25, -0.2) is 4.98 Å². The van der Waals surface area contributed by atoms with Gasteiger partial charge in [0.1, 0.15) is 5.82 Å². The van der Waals surface area contributed by atoms with Gasteiger partial charge in [0.05, 0.1) is 0 Å². The molecule has 0 aliphatic carbocycles. The summed E-state index contributed by atoms with van der Waals surface area (Å²) in [5, 5.41) is 6.32. The van der Waals surface area contributed by atoms with Crippen LogP contribution in [0.15, 0.2) is 12.4 Å². The first-order chi connectivity index (χ1) is 8.84. The first kappa shape index (κ1) is 13.1. The Hall–Kier alpha value is -1.36. The van der Waals surface area contributed by atoms with Crippen LogP contribution < -0.4 is 10.6 Å². The zero-order valence-corrected chi connectivity index (χ0v) is 10.7. The highest BCUT2D eigenvalue weighted by Gasteiger charge is 2.14. The van der Waals surface area contributed by atoms with Crippen molar-refractivity contribution in [3.8, 4) is 0 Å². The van der Waals surface area contributed by atoms with Crippen LogP contribution in [0, 0.1) is 5.92 Å². The lowest BCUT2D eigenvalue weighted by molar-refractivity contribution is -0.121. The Bertz CT molecular complexity index is 344. The van der Waals surface area contributed by atoms with Gasteiger partial charge in [-0.15, -0.1) is 0 Å². The van der Waals surface area contributed by atoms with Crippen LogP contribution in [0.2, 0.25) is 0 Å². The van der Waals surface area contributed by atoms with Crippen LogP contribution in [-0.2, 0) is 11.2 Å². The Labute approximate surface area is 108 Å². The second-order valence-electron chi connectivity index (χ2n) is 4.89. The number of nitrogens with zero attached hydrogens (tertiary/aromatic N) is 1. The minimum atomic E-state index is 0.159. The molecular formula is C13H22N4O. The molecule has 0 spiro atoms. The highest BCUT2D eigenvalue weighted by atomic mass is 16.1. The smallest absolute Gasteiger partial charge is 0.220 e. The molecule has 5 heteroatoms. The molecule has 1 amide bonds. The van der Waals surface area contributed by atoms with E-state index < -0.39 is 0 Å². The van der Waals surface area contributed by atoms with Crippen molar-refractivity contribution in [1.82, 2.24) is 20.6 Å². The number of aromatic nitrogens is 2. The van der Waals surface area contributed by atoms with Gasteiger partial charge in [-0.2, -0.15) is 0 Å². The van der Waals surface area contributed by atoms with E-state index in [1.54, 1.807) is 12.4 Å². The predicted molar refractivity (Wildman–Crippen MR) is 70.1 cm³/mol. The van der Waals surface area contributed by atoms with Crippen LogP contribution in [0.25, 0.3) is 0 Å². The molecule has 1 atom stereocenters. The molecule has 1 aliphatic heterocycles. The maximum Gasteiger partial charge on any atom is 0.220 e. The van der Waals surface area contributed by atoms with Crippen molar-refractivity contribution in [2.45, 2.75) is 32.1 Å². The molecule has 0 saturated carbocycles. The standard InChI is InChI=1S/C13H22N4O/c18-13(4-3-11-2-1-6-14-10-11)17-7-5-12-15-8-9-16-12/h8-9,11,14H,1-7,10H2,(H,15,16)(H,17,18). The lowest BCUT2D eigenvalue weighted by atomic mass is 9.94. The normalized spacial score (nSPS) is 19.7. The molecule has 2 rings (SSSR count). The summed E-state index contributed by atoms with van der Waals surface area (Å²) in [5.41, 5.74) is 0. The maximum atomic E-state index is 11.7. The molecule has 1 aliphatic rings. The van der Waals surface area contributed by atoms with E-state index in [0.717, 1.165) is 31.8 Å².